The molecule has 0 radical (unpaired) electrons. The summed E-state index contributed by atoms with van der Waals surface area (Å²) in [6.07, 6.45) is 5.55. The molecule has 21 heavy (non-hydrogen) atoms. The van der Waals surface area contributed by atoms with Crippen LogP contribution < -0.4 is 11.1 Å². The summed E-state index contributed by atoms with van der Waals surface area (Å²) in [6, 6.07) is 5.01. The summed E-state index contributed by atoms with van der Waals surface area (Å²) >= 11 is 5.83. The van der Waals surface area contributed by atoms with Gasteiger partial charge in [-0.25, -0.2) is 0 Å². The Kier molecular flexibility index (Phi) is 6.06. The first-order valence-corrected chi connectivity index (χ1v) is 9.04. The number of rotatable bonds is 6. The third-order valence-corrected chi connectivity index (χ3v) is 5.95. The Morgan fingerprint density at radius 2 is 2.10 bits per heavy atom. The van der Waals surface area contributed by atoms with Crippen LogP contribution >= 0.6 is 11.6 Å². The molecule has 1 amide bonds. The highest BCUT2D eigenvalue weighted by molar-refractivity contribution is 7.85. The molecule has 1 aromatic carbocycles. The molecule has 2 rings (SSSR count). The van der Waals surface area contributed by atoms with Crippen molar-refractivity contribution in [1.82, 2.24) is 0 Å². The number of halogens is 1. The maximum atomic E-state index is 12.0. The van der Waals surface area contributed by atoms with Gasteiger partial charge < -0.3 is 11.1 Å². The topological polar surface area (TPSA) is 72.2 Å². The van der Waals surface area contributed by atoms with Gasteiger partial charge in [-0.3, -0.25) is 9.00 Å². The van der Waals surface area contributed by atoms with Crippen LogP contribution in [0.25, 0.3) is 0 Å². The Balaban J connectivity index is 1.71. The minimum absolute atomic E-state index is 0.0832. The number of carbonyl (C=O) groups is 1. The van der Waals surface area contributed by atoms with Gasteiger partial charge in [-0.2, -0.15) is 0 Å². The smallest absolute Gasteiger partial charge is 0.224 e. The minimum Gasteiger partial charge on any atom is -0.397 e. The van der Waals surface area contributed by atoms with E-state index in [0.717, 1.165) is 12.8 Å². The lowest BCUT2D eigenvalue weighted by molar-refractivity contribution is -0.116. The molecule has 1 atom stereocenters. The molecular formula is C15H21ClN2O2S. The first-order valence-electron chi connectivity index (χ1n) is 7.28. The molecule has 0 aromatic heterocycles. The van der Waals surface area contributed by atoms with Gasteiger partial charge in [0.2, 0.25) is 5.91 Å². The van der Waals surface area contributed by atoms with Gasteiger partial charge in [-0.15, -0.1) is 0 Å². The number of nitrogens with two attached hydrogens (primary N) is 1. The third kappa shape index (κ3) is 5.00. The molecule has 1 unspecified atom stereocenters. The molecule has 4 nitrogen and oxygen atoms in total. The second-order valence-electron chi connectivity index (χ2n) is 5.38. The summed E-state index contributed by atoms with van der Waals surface area (Å²) in [6.45, 7) is 0. The number of amides is 1. The summed E-state index contributed by atoms with van der Waals surface area (Å²) in [5, 5.41) is 3.60. The fraction of sp³-hybridized carbons (Fsp3) is 0.533. The number of hydrogen-bond donors (Lipinski definition) is 2. The summed E-state index contributed by atoms with van der Waals surface area (Å²) in [5.41, 5.74) is 6.76. The van der Waals surface area contributed by atoms with Gasteiger partial charge in [0, 0.05) is 33.9 Å². The molecule has 0 bridgehead atoms. The fourth-order valence-corrected chi connectivity index (χ4v) is 4.28. The first kappa shape index (κ1) is 16.3. The Hall–Kier alpha value is -1.07. The average Bonchev–Trinajstić information content (AvgIpc) is 2.97. The standard InChI is InChI=1S/C15H21ClN2O2S/c16-13-8-7-11(10-14(13)17)18-15(19)6-3-9-21(20)12-4-1-2-5-12/h7-8,10,12H,1-6,9,17H2,(H,18,19). The van der Waals surface area contributed by atoms with E-state index in [-0.39, 0.29) is 5.91 Å². The van der Waals surface area contributed by atoms with E-state index in [9.17, 15) is 9.00 Å². The van der Waals surface area contributed by atoms with Gasteiger partial charge in [0.05, 0.1) is 10.7 Å². The monoisotopic (exact) mass is 328 g/mol. The van der Waals surface area contributed by atoms with Gasteiger partial charge in [0.15, 0.2) is 0 Å². The number of anilines is 2. The van der Waals surface area contributed by atoms with Crippen molar-refractivity contribution in [2.45, 2.75) is 43.8 Å². The third-order valence-electron chi connectivity index (χ3n) is 3.70. The van der Waals surface area contributed by atoms with Crippen LogP contribution in [0.3, 0.4) is 0 Å². The molecule has 0 heterocycles. The molecule has 1 saturated carbocycles. The van der Waals surface area contributed by atoms with Crippen LogP contribution in [0.15, 0.2) is 18.2 Å². The summed E-state index contributed by atoms with van der Waals surface area (Å²) in [4.78, 5) is 11.8. The van der Waals surface area contributed by atoms with Crippen molar-refractivity contribution >= 4 is 39.7 Å². The number of nitrogens with one attached hydrogen (secondary N) is 1. The number of benzene rings is 1. The van der Waals surface area contributed by atoms with E-state index >= 15 is 0 Å². The number of hydrogen-bond acceptors (Lipinski definition) is 3. The molecule has 0 aliphatic heterocycles. The molecule has 1 aliphatic rings. The maximum absolute atomic E-state index is 12.0. The van der Waals surface area contributed by atoms with Crippen LogP contribution in [-0.2, 0) is 15.6 Å². The highest BCUT2D eigenvalue weighted by Crippen LogP contribution is 2.24. The normalized spacial score (nSPS) is 16.8. The number of carbonyl (C=O) groups excluding carboxylic acids is 1. The predicted octanol–water partition coefficient (Wildman–Crippen LogP) is 3.33. The fourth-order valence-electron chi connectivity index (χ4n) is 2.54. The van der Waals surface area contributed by atoms with Crippen molar-refractivity contribution in [2.75, 3.05) is 16.8 Å². The van der Waals surface area contributed by atoms with Crippen LogP contribution in [0, 0.1) is 0 Å². The van der Waals surface area contributed by atoms with Crippen LogP contribution in [0.2, 0.25) is 5.02 Å². The van der Waals surface area contributed by atoms with E-state index < -0.39 is 10.8 Å². The molecule has 116 valence electrons. The summed E-state index contributed by atoms with van der Waals surface area (Å²) < 4.78 is 12.0. The highest BCUT2D eigenvalue weighted by Gasteiger charge is 2.20. The Bertz CT molecular complexity index is 530. The van der Waals surface area contributed by atoms with Crippen molar-refractivity contribution in [1.29, 1.82) is 0 Å². The van der Waals surface area contributed by atoms with Crippen LogP contribution in [0.1, 0.15) is 38.5 Å². The second-order valence-corrected chi connectivity index (χ2v) is 7.62. The first-order chi connectivity index (χ1) is 10.1. The lowest BCUT2D eigenvalue weighted by atomic mass is 10.2. The van der Waals surface area contributed by atoms with Crippen LogP contribution in [0.4, 0.5) is 11.4 Å². The van der Waals surface area contributed by atoms with Gasteiger partial charge in [-0.1, -0.05) is 24.4 Å². The Labute approximate surface area is 132 Å². The van der Waals surface area contributed by atoms with E-state index in [0.29, 0.717) is 40.2 Å². The minimum atomic E-state index is -0.782. The van der Waals surface area contributed by atoms with E-state index in [1.807, 2.05) is 0 Å². The zero-order valence-corrected chi connectivity index (χ0v) is 13.5. The molecule has 6 heteroatoms. The quantitative estimate of drug-likeness (QED) is 0.787. The van der Waals surface area contributed by atoms with E-state index in [1.54, 1.807) is 18.2 Å². The Morgan fingerprint density at radius 3 is 2.76 bits per heavy atom. The maximum Gasteiger partial charge on any atom is 0.224 e. The van der Waals surface area contributed by atoms with Gasteiger partial charge in [0.1, 0.15) is 0 Å². The van der Waals surface area contributed by atoms with Crippen molar-refractivity contribution in [3.05, 3.63) is 23.2 Å². The van der Waals surface area contributed by atoms with Crippen molar-refractivity contribution in [3.63, 3.8) is 0 Å². The van der Waals surface area contributed by atoms with Crippen LogP contribution in [-0.4, -0.2) is 21.1 Å². The number of nitrogen functional groups attached to an aromatic ring is 1. The van der Waals surface area contributed by atoms with E-state index in [4.69, 9.17) is 17.3 Å². The van der Waals surface area contributed by atoms with Crippen molar-refractivity contribution in [2.24, 2.45) is 0 Å². The summed E-state index contributed by atoms with van der Waals surface area (Å²) in [7, 11) is -0.782. The van der Waals surface area contributed by atoms with E-state index in [1.165, 1.54) is 12.8 Å². The molecule has 0 spiro atoms. The SMILES string of the molecule is Nc1cc(NC(=O)CCCS(=O)C2CCCC2)ccc1Cl. The lowest BCUT2D eigenvalue weighted by Gasteiger charge is -2.09. The second kappa shape index (κ2) is 7.80. The lowest BCUT2D eigenvalue weighted by Crippen LogP contribution is -2.16. The molecular weight excluding hydrogens is 308 g/mol. The molecule has 1 fully saturated rings. The zero-order chi connectivity index (χ0) is 15.2. The summed E-state index contributed by atoms with van der Waals surface area (Å²) in [5.74, 6) is 0.529. The van der Waals surface area contributed by atoms with Crippen LogP contribution in [0.5, 0.6) is 0 Å². The largest absolute Gasteiger partial charge is 0.397 e. The van der Waals surface area contributed by atoms with Crippen molar-refractivity contribution in [3.8, 4) is 0 Å². The van der Waals surface area contributed by atoms with Gasteiger partial charge in [0.25, 0.3) is 0 Å². The Morgan fingerprint density at radius 1 is 1.38 bits per heavy atom. The van der Waals surface area contributed by atoms with Gasteiger partial charge in [-0.05, 0) is 37.5 Å². The average molecular weight is 329 g/mol. The zero-order valence-electron chi connectivity index (χ0n) is 11.9. The molecule has 0 saturated heterocycles. The van der Waals surface area contributed by atoms with Crippen molar-refractivity contribution < 1.29 is 9.00 Å². The molecule has 3 N–H and O–H groups in total. The molecule has 1 aromatic rings. The van der Waals surface area contributed by atoms with E-state index in [2.05, 4.69) is 5.32 Å². The highest BCUT2D eigenvalue weighted by atomic mass is 35.5. The predicted molar refractivity (Wildman–Crippen MR) is 89.0 cm³/mol. The van der Waals surface area contributed by atoms with Gasteiger partial charge >= 0.3 is 0 Å². The molecule has 1 aliphatic carbocycles.